The second kappa shape index (κ2) is 10.8. The molecule has 0 saturated heterocycles. The Hall–Kier alpha value is -4.27. The molecule has 3 aromatic carbocycles. The Balaban J connectivity index is 1.33. The topological polar surface area (TPSA) is 104 Å². The van der Waals surface area contributed by atoms with E-state index in [0.717, 1.165) is 38.2 Å². The fourth-order valence-electron chi connectivity index (χ4n) is 3.93. The summed E-state index contributed by atoms with van der Waals surface area (Å²) in [5.74, 6) is -0.804. The minimum absolute atomic E-state index is 0.109. The molecule has 7 nitrogen and oxygen atoms in total. The molecular formula is C28H21ClN4O3S. The van der Waals surface area contributed by atoms with Crippen LogP contribution in [0.4, 0.5) is 16.2 Å². The predicted molar refractivity (Wildman–Crippen MR) is 148 cm³/mol. The lowest BCUT2D eigenvalue weighted by atomic mass is 10.0. The highest BCUT2D eigenvalue weighted by molar-refractivity contribution is 7.18. The summed E-state index contributed by atoms with van der Waals surface area (Å²) in [4.78, 5) is 32.2. The Morgan fingerprint density at radius 3 is 2.35 bits per heavy atom. The molecule has 2 aromatic heterocycles. The third kappa shape index (κ3) is 5.77. The first-order valence-electron chi connectivity index (χ1n) is 11.4. The van der Waals surface area contributed by atoms with Crippen LogP contribution in [0.1, 0.15) is 12.0 Å². The molecule has 5 rings (SSSR count). The van der Waals surface area contributed by atoms with E-state index in [1.165, 1.54) is 0 Å². The number of carboxylic acid groups (broad SMARTS) is 1. The van der Waals surface area contributed by atoms with E-state index in [4.69, 9.17) is 16.7 Å². The molecular weight excluding hydrogens is 508 g/mol. The van der Waals surface area contributed by atoms with Crippen molar-refractivity contribution >= 4 is 56.5 Å². The minimum Gasteiger partial charge on any atom is -0.481 e. The zero-order chi connectivity index (χ0) is 25.8. The van der Waals surface area contributed by atoms with Gasteiger partial charge in [0.1, 0.15) is 6.33 Å². The summed E-state index contributed by atoms with van der Waals surface area (Å²) < 4.78 is 0.965. The number of amides is 2. The van der Waals surface area contributed by atoms with Gasteiger partial charge in [0.25, 0.3) is 0 Å². The van der Waals surface area contributed by atoms with Crippen molar-refractivity contribution in [3.05, 3.63) is 95.1 Å². The molecule has 0 saturated carbocycles. The molecule has 37 heavy (non-hydrogen) atoms. The van der Waals surface area contributed by atoms with Gasteiger partial charge in [-0.05, 0) is 47.9 Å². The Kier molecular flexibility index (Phi) is 7.11. The highest BCUT2D eigenvalue weighted by Crippen LogP contribution is 2.37. The molecule has 0 bridgehead atoms. The number of rotatable bonds is 7. The molecule has 0 fully saturated rings. The van der Waals surface area contributed by atoms with Crippen LogP contribution < -0.4 is 10.6 Å². The van der Waals surface area contributed by atoms with E-state index in [9.17, 15) is 9.59 Å². The van der Waals surface area contributed by atoms with Crippen LogP contribution in [0.3, 0.4) is 0 Å². The number of urea groups is 1. The number of nitrogens with zero attached hydrogens (tertiary/aromatic N) is 2. The van der Waals surface area contributed by atoms with Crippen molar-refractivity contribution in [2.45, 2.75) is 12.8 Å². The number of halogens is 1. The average Bonchev–Trinajstić information content (AvgIpc) is 3.33. The summed E-state index contributed by atoms with van der Waals surface area (Å²) in [6.45, 7) is 0. The van der Waals surface area contributed by atoms with Gasteiger partial charge >= 0.3 is 12.0 Å². The lowest BCUT2D eigenvalue weighted by molar-refractivity contribution is -0.136. The van der Waals surface area contributed by atoms with Gasteiger partial charge in [-0.25, -0.2) is 14.8 Å². The Morgan fingerprint density at radius 1 is 0.892 bits per heavy atom. The fraction of sp³-hybridized carbons (Fsp3) is 0.0714. The lowest BCUT2D eigenvalue weighted by Crippen LogP contribution is -2.19. The number of anilines is 2. The van der Waals surface area contributed by atoms with Crippen LogP contribution in [-0.4, -0.2) is 27.1 Å². The van der Waals surface area contributed by atoms with E-state index in [-0.39, 0.29) is 12.5 Å². The first kappa shape index (κ1) is 24.4. The normalized spacial score (nSPS) is 10.8. The summed E-state index contributed by atoms with van der Waals surface area (Å²) in [5.41, 5.74) is 6.83. The monoisotopic (exact) mass is 528 g/mol. The Labute approximate surface area is 221 Å². The molecule has 0 unspecified atom stereocenters. The molecule has 0 radical (unpaired) electrons. The second-order valence-corrected chi connectivity index (χ2v) is 9.62. The van der Waals surface area contributed by atoms with Gasteiger partial charge in [0.05, 0.1) is 15.9 Å². The number of nitrogens with one attached hydrogen (secondary N) is 2. The zero-order valence-electron chi connectivity index (χ0n) is 19.4. The quantitative estimate of drug-likeness (QED) is 0.205. The molecule has 3 N–H and O–H groups in total. The van der Waals surface area contributed by atoms with E-state index in [0.29, 0.717) is 22.8 Å². The molecule has 9 heteroatoms. The van der Waals surface area contributed by atoms with Gasteiger partial charge in [-0.15, -0.1) is 11.3 Å². The number of carbonyl (C=O) groups excluding carboxylic acids is 1. The van der Waals surface area contributed by atoms with Crippen LogP contribution >= 0.6 is 22.9 Å². The molecule has 0 aliphatic carbocycles. The van der Waals surface area contributed by atoms with E-state index in [2.05, 4.69) is 26.0 Å². The summed E-state index contributed by atoms with van der Waals surface area (Å²) in [7, 11) is 0. The third-order valence-corrected chi connectivity index (χ3v) is 6.96. The number of benzene rings is 3. The summed E-state index contributed by atoms with van der Waals surface area (Å²) >= 11 is 7.54. The predicted octanol–water partition coefficient (Wildman–Crippen LogP) is 7.34. The van der Waals surface area contributed by atoms with E-state index >= 15 is 0 Å². The van der Waals surface area contributed by atoms with Gasteiger partial charge in [-0.3, -0.25) is 4.79 Å². The van der Waals surface area contributed by atoms with Crippen molar-refractivity contribution in [1.29, 1.82) is 0 Å². The molecule has 0 aliphatic heterocycles. The summed E-state index contributed by atoms with van der Waals surface area (Å²) in [6, 6.07) is 22.0. The van der Waals surface area contributed by atoms with Crippen molar-refractivity contribution < 1.29 is 14.7 Å². The van der Waals surface area contributed by atoms with Crippen LogP contribution in [0.2, 0.25) is 5.02 Å². The fourth-order valence-corrected chi connectivity index (χ4v) is 5.16. The molecule has 184 valence electrons. The number of aliphatic carboxylic acids is 1. The largest absolute Gasteiger partial charge is 0.481 e. The van der Waals surface area contributed by atoms with Gasteiger partial charge in [0, 0.05) is 39.3 Å². The zero-order valence-corrected chi connectivity index (χ0v) is 21.0. The van der Waals surface area contributed by atoms with Crippen molar-refractivity contribution in [3.63, 3.8) is 0 Å². The van der Waals surface area contributed by atoms with Crippen LogP contribution in [0, 0.1) is 0 Å². The molecule has 0 atom stereocenters. The van der Waals surface area contributed by atoms with Crippen molar-refractivity contribution in [1.82, 2.24) is 9.97 Å². The molecule has 5 aromatic rings. The average molecular weight is 529 g/mol. The van der Waals surface area contributed by atoms with Crippen molar-refractivity contribution in [3.8, 4) is 22.4 Å². The summed E-state index contributed by atoms with van der Waals surface area (Å²) in [6.07, 6.45) is 2.16. The smallest absolute Gasteiger partial charge is 0.323 e. The number of thiophene rings is 1. The number of aryl methyl sites for hydroxylation is 1. The third-order valence-electron chi connectivity index (χ3n) is 5.74. The van der Waals surface area contributed by atoms with Crippen LogP contribution in [-0.2, 0) is 11.2 Å². The second-order valence-electron chi connectivity index (χ2n) is 8.31. The highest BCUT2D eigenvalue weighted by Gasteiger charge is 2.14. The Bertz CT molecular complexity index is 1580. The molecule has 2 amide bonds. The standard InChI is InChI=1S/C28H21ClN4O3S/c29-20-2-1-3-22(14-20)33-28(36)32-21-11-9-19(10-12-21)25-27-26(31-16-30-25)23(15-37-27)18-7-4-17(5-8-18)6-13-24(34)35/h1-5,7-12,14-16H,6,13H2,(H,34,35)(H2,32,33,36). The van der Waals surface area contributed by atoms with Crippen LogP contribution in [0.5, 0.6) is 0 Å². The van der Waals surface area contributed by atoms with E-state index in [1.807, 2.05) is 48.5 Å². The number of hydrogen-bond acceptors (Lipinski definition) is 5. The first-order valence-corrected chi connectivity index (χ1v) is 12.7. The van der Waals surface area contributed by atoms with Gasteiger partial charge in [-0.1, -0.05) is 54.1 Å². The SMILES string of the molecule is O=C(O)CCc1ccc(-c2csc3c(-c4ccc(NC(=O)Nc5cccc(Cl)c5)cc4)ncnc23)cc1. The van der Waals surface area contributed by atoms with Gasteiger partial charge in [0.2, 0.25) is 0 Å². The first-order chi connectivity index (χ1) is 18.0. The summed E-state index contributed by atoms with van der Waals surface area (Å²) in [5, 5.41) is 17.1. The van der Waals surface area contributed by atoms with E-state index < -0.39 is 5.97 Å². The molecule has 0 spiro atoms. The van der Waals surface area contributed by atoms with Gasteiger partial charge < -0.3 is 15.7 Å². The van der Waals surface area contributed by atoms with Gasteiger partial charge in [0.15, 0.2) is 0 Å². The number of fused-ring (bicyclic) bond motifs is 1. The van der Waals surface area contributed by atoms with Crippen molar-refractivity contribution in [2.24, 2.45) is 0 Å². The maximum absolute atomic E-state index is 12.3. The molecule has 0 aliphatic rings. The van der Waals surface area contributed by atoms with Gasteiger partial charge in [-0.2, -0.15) is 0 Å². The van der Waals surface area contributed by atoms with Crippen LogP contribution in [0.25, 0.3) is 32.6 Å². The Morgan fingerprint density at radius 2 is 1.62 bits per heavy atom. The number of carboxylic acids is 1. The van der Waals surface area contributed by atoms with Crippen LogP contribution in [0.15, 0.2) is 84.5 Å². The lowest BCUT2D eigenvalue weighted by Gasteiger charge is -2.09. The highest BCUT2D eigenvalue weighted by atomic mass is 35.5. The maximum Gasteiger partial charge on any atom is 0.323 e. The molecule has 2 heterocycles. The number of carbonyl (C=O) groups is 2. The number of aromatic nitrogens is 2. The van der Waals surface area contributed by atoms with Crippen molar-refractivity contribution in [2.75, 3.05) is 10.6 Å². The van der Waals surface area contributed by atoms with E-state index in [1.54, 1.807) is 41.9 Å². The maximum atomic E-state index is 12.3. The number of hydrogen-bond donors (Lipinski definition) is 3. The minimum atomic E-state index is -0.804.